The normalized spacial score (nSPS) is 24.7. The van der Waals surface area contributed by atoms with Gasteiger partial charge in [0.15, 0.2) is 5.75 Å². The molecule has 0 N–H and O–H groups in total. The van der Waals surface area contributed by atoms with E-state index in [4.69, 9.17) is 32.9 Å². The van der Waals surface area contributed by atoms with Crippen molar-refractivity contribution in [3.63, 3.8) is 0 Å². The average Bonchev–Trinajstić information content (AvgIpc) is 3.02. The Bertz CT molecular complexity index is 1150. The number of fused-ring (bicyclic) bond motifs is 4. The molecule has 0 spiro atoms. The molecule has 166 valence electrons. The van der Waals surface area contributed by atoms with E-state index >= 15 is 0 Å². The van der Waals surface area contributed by atoms with E-state index in [1.165, 1.54) is 23.0 Å². The number of ether oxygens (including phenoxy) is 1. The number of piperazine rings is 1. The Kier molecular flexibility index (Phi) is 5.74. The molecule has 0 aromatic heterocycles. The lowest BCUT2D eigenvalue weighted by Gasteiger charge is -2.44. The van der Waals surface area contributed by atoms with Crippen molar-refractivity contribution in [2.24, 2.45) is 4.99 Å². The summed E-state index contributed by atoms with van der Waals surface area (Å²) in [4.78, 5) is 11.3. The first-order chi connectivity index (χ1) is 14.9. The highest BCUT2D eigenvalue weighted by molar-refractivity contribution is 8.09. The zero-order chi connectivity index (χ0) is 21.9. The third kappa shape index (κ3) is 3.49. The fraction of sp³-hybridized carbons (Fsp3) is 0.500. The van der Waals surface area contributed by atoms with Gasteiger partial charge in [-0.1, -0.05) is 30.1 Å². The molecule has 3 aliphatic heterocycles. The molecule has 0 amide bonds. The molecule has 5 rings (SSSR count). The quantitative estimate of drug-likeness (QED) is 0.510. The standard InChI is InChI=1S/C24H29Cl2N3OS/c1-5-31-21-10-15(28-12-16-6-7-17(13-28)29(16)14(2)3)8-9-19(21)27-20-11-18(25)23(30-4)22(26)24(20)31/h8-11,14,16-17H,5-7,12-13H2,1-4H3. The second kappa shape index (κ2) is 8.26. The minimum atomic E-state index is -0.166. The molecule has 0 radical (unpaired) electrons. The second-order valence-corrected chi connectivity index (χ2v) is 11.8. The molecular weight excluding hydrogens is 449 g/mol. The molecule has 7 heteroatoms. The summed E-state index contributed by atoms with van der Waals surface area (Å²) in [5, 5.41) is 2.13. The third-order valence-electron chi connectivity index (χ3n) is 6.80. The lowest BCUT2D eigenvalue weighted by Crippen LogP contribution is -2.56. The highest BCUT2D eigenvalue weighted by Crippen LogP contribution is 2.50. The Morgan fingerprint density at radius 3 is 2.48 bits per heavy atom. The van der Waals surface area contributed by atoms with Gasteiger partial charge in [-0.2, -0.15) is 0 Å². The van der Waals surface area contributed by atoms with Crippen LogP contribution < -0.4 is 15.0 Å². The maximum Gasteiger partial charge on any atom is 0.157 e. The number of rotatable bonds is 4. The van der Waals surface area contributed by atoms with E-state index in [-0.39, 0.29) is 10.5 Å². The van der Waals surface area contributed by atoms with Crippen LogP contribution in [0.2, 0.25) is 10.0 Å². The summed E-state index contributed by atoms with van der Waals surface area (Å²) in [5.74, 6) is 1.51. The average molecular weight is 478 g/mol. The summed E-state index contributed by atoms with van der Waals surface area (Å²) in [5.41, 5.74) is 2.17. The second-order valence-electron chi connectivity index (χ2n) is 8.83. The number of hydrogen-bond acceptors (Lipinski definition) is 4. The van der Waals surface area contributed by atoms with Crippen molar-refractivity contribution in [3.05, 3.63) is 44.2 Å². The fourth-order valence-electron chi connectivity index (χ4n) is 5.59. The Hall–Kier alpha value is -1.27. The van der Waals surface area contributed by atoms with Gasteiger partial charge in [-0.05, 0) is 56.7 Å². The van der Waals surface area contributed by atoms with Crippen LogP contribution >= 0.6 is 33.7 Å². The lowest BCUT2D eigenvalue weighted by atomic mass is 10.1. The smallest absolute Gasteiger partial charge is 0.157 e. The highest BCUT2D eigenvalue weighted by atomic mass is 35.5. The van der Waals surface area contributed by atoms with E-state index in [1.807, 2.05) is 6.07 Å². The van der Waals surface area contributed by atoms with Gasteiger partial charge in [0.1, 0.15) is 0 Å². The van der Waals surface area contributed by atoms with E-state index in [1.54, 1.807) is 7.11 Å². The van der Waals surface area contributed by atoms with Gasteiger partial charge in [0, 0.05) is 41.4 Å². The maximum atomic E-state index is 6.77. The number of anilines is 1. The molecule has 3 heterocycles. The number of methoxy groups -OCH3 is 1. The van der Waals surface area contributed by atoms with Crippen molar-refractivity contribution in [3.8, 4) is 5.75 Å². The Labute approximate surface area is 196 Å². The van der Waals surface area contributed by atoms with Gasteiger partial charge < -0.3 is 9.64 Å². The lowest BCUT2D eigenvalue weighted by molar-refractivity contribution is 0.129. The Morgan fingerprint density at radius 1 is 1.16 bits per heavy atom. The zero-order valence-corrected chi connectivity index (χ0v) is 20.8. The molecule has 2 aromatic carbocycles. The van der Waals surface area contributed by atoms with Crippen molar-refractivity contribution in [1.29, 1.82) is 0 Å². The van der Waals surface area contributed by atoms with E-state index in [0.29, 0.717) is 33.9 Å². The van der Waals surface area contributed by atoms with Crippen LogP contribution in [0.1, 0.15) is 33.6 Å². The van der Waals surface area contributed by atoms with Crippen molar-refractivity contribution in [2.75, 3.05) is 30.9 Å². The maximum absolute atomic E-state index is 6.77. The molecule has 0 saturated carbocycles. The largest absolute Gasteiger partial charge is 0.494 e. The van der Waals surface area contributed by atoms with E-state index in [0.717, 1.165) is 34.8 Å². The van der Waals surface area contributed by atoms with Crippen LogP contribution in [0, 0.1) is 4.51 Å². The van der Waals surface area contributed by atoms with Gasteiger partial charge in [0.05, 0.1) is 33.1 Å². The molecule has 3 unspecified atom stereocenters. The first-order valence-corrected chi connectivity index (χ1v) is 13.2. The van der Waals surface area contributed by atoms with Gasteiger partial charge in [0.25, 0.3) is 0 Å². The van der Waals surface area contributed by atoms with Crippen LogP contribution in [-0.4, -0.2) is 49.0 Å². The number of benzene rings is 2. The van der Waals surface area contributed by atoms with Gasteiger partial charge in [-0.15, -0.1) is 10.5 Å². The minimum absolute atomic E-state index is 0.166. The summed E-state index contributed by atoms with van der Waals surface area (Å²) in [7, 11) is 1.45. The minimum Gasteiger partial charge on any atom is -0.494 e. The van der Waals surface area contributed by atoms with Crippen LogP contribution in [0.25, 0.3) is 0 Å². The molecule has 4 nitrogen and oxygen atoms in total. The van der Waals surface area contributed by atoms with Crippen molar-refractivity contribution >= 4 is 45.1 Å². The van der Waals surface area contributed by atoms with E-state index < -0.39 is 0 Å². The predicted molar refractivity (Wildman–Crippen MR) is 132 cm³/mol. The predicted octanol–water partition coefficient (Wildman–Crippen LogP) is 5.93. The molecule has 2 bridgehead atoms. The zero-order valence-electron chi connectivity index (χ0n) is 18.5. The first-order valence-electron chi connectivity index (χ1n) is 11.1. The summed E-state index contributed by atoms with van der Waals surface area (Å²) in [6.07, 6.45) is 2.62. The van der Waals surface area contributed by atoms with Gasteiger partial charge >= 0.3 is 0 Å². The topological polar surface area (TPSA) is 28.1 Å². The molecule has 2 aromatic rings. The SMILES string of the molecule is CCS1=c2cc(N3CC4CCC(C3)N4C(C)C)ccc2=Nc2cc(Cl)c(OC)c(Cl)c21. The molecule has 3 aliphatic rings. The molecule has 3 atom stereocenters. The molecule has 0 aliphatic carbocycles. The van der Waals surface area contributed by atoms with Crippen LogP contribution in [0.4, 0.5) is 11.4 Å². The number of hydrogen-bond donors (Lipinski definition) is 0. The van der Waals surface area contributed by atoms with Crippen LogP contribution in [0.5, 0.6) is 5.75 Å². The first kappa shape index (κ1) is 21.6. The van der Waals surface area contributed by atoms with Gasteiger partial charge in [-0.3, -0.25) is 4.90 Å². The van der Waals surface area contributed by atoms with Gasteiger partial charge in [-0.25, -0.2) is 4.99 Å². The number of nitrogens with zero attached hydrogens (tertiary/aromatic N) is 3. The Balaban J connectivity index is 1.60. The third-order valence-corrected chi connectivity index (χ3v) is 9.90. The monoisotopic (exact) mass is 477 g/mol. The van der Waals surface area contributed by atoms with E-state index in [2.05, 4.69) is 48.8 Å². The van der Waals surface area contributed by atoms with Crippen LogP contribution in [-0.2, 0) is 0 Å². The molecule has 2 saturated heterocycles. The van der Waals surface area contributed by atoms with Crippen LogP contribution in [0.3, 0.4) is 0 Å². The molecule has 2 fully saturated rings. The summed E-state index contributed by atoms with van der Waals surface area (Å²) in [6.45, 7) is 9.08. The fourth-order valence-corrected chi connectivity index (χ4v) is 8.59. The summed E-state index contributed by atoms with van der Waals surface area (Å²) in [6, 6.07) is 10.6. The van der Waals surface area contributed by atoms with Crippen molar-refractivity contribution < 1.29 is 4.74 Å². The molecular formula is C24H29Cl2N3OS. The Morgan fingerprint density at radius 2 is 1.87 bits per heavy atom. The van der Waals surface area contributed by atoms with Crippen molar-refractivity contribution in [2.45, 2.75) is 56.6 Å². The summed E-state index contributed by atoms with van der Waals surface area (Å²) < 4.78 is 6.76. The van der Waals surface area contributed by atoms with E-state index in [9.17, 15) is 0 Å². The molecule has 31 heavy (non-hydrogen) atoms. The van der Waals surface area contributed by atoms with Gasteiger partial charge in [0.2, 0.25) is 0 Å². The summed E-state index contributed by atoms with van der Waals surface area (Å²) >= 11 is 13.2. The number of halogens is 2. The van der Waals surface area contributed by atoms with Crippen LogP contribution in [0.15, 0.2) is 34.2 Å². The van der Waals surface area contributed by atoms with Crippen molar-refractivity contribution in [1.82, 2.24) is 4.90 Å². The highest BCUT2D eigenvalue weighted by Gasteiger charge is 2.41.